The number of aromatic amines is 1. The SMILES string of the molecule is CCN(C(=O)Cn1nc(-c2ccc3cnn(C)c3c2)c2nc[nH]c2c1=O)c1ccc2c(c1)OC(F)(F)O2. The van der Waals surface area contributed by atoms with Crippen molar-refractivity contribution in [2.75, 3.05) is 11.4 Å². The van der Waals surface area contributed by atoms with Crippen molar-refractivity contribution >= 4 is 33.5 Å². The number of nitrogens with one attached hydrogen (secondary N) is 1. The fourth-order valence-corrected chi connectivity index (χ4v) is 4.39. The fraction of sp³-hybridized carbons (Fsp3) is 0.208. The Morgan fingerprint density at radius 2 is 1.97 bits per heavy atom. The first-order valence-electron chi connectivity index (χ1n) is 11.3. The van der Waals surface area contributed by atoms with Gasteiger partial charge in [-0.25, -0.2) is 9.67 Å². The molecule has 1 aliphatic rings. The molecule has 13 heteroatoms. The lowest BCUT2D eigenvalue weighted by atomic mass is 10.1. The number of aryl methyl sites for hydroxylation is 1. The maximum Gasteiger partial charge on any atom is 0.586 e. The summed E-state index contributed by atoms with van der Waals surface area (Å²) < 4.78 is 38.6. The highest BCUT2D eigenvalue weighted by atomic mass is 19.3. The van der Waals surface area contributed by atoms with Crippen molar-refractivity contribution in [2.45, 2.75) is 19.8 Å². The van der Waals surface area contributed by atoms with E-state index in [9.17, 15) is 18.4 Å². The lowest BCUT2D eigenvalue weighted by Crippen LogP contribution is -2.37. The number of halogens is 2. The van der Waals surface area contributed by atoms with E-state index in [0.29, 0.717) is 22.5 Å². The van der Waals surface area contributed by atoms with Gasteiger partial charge in [0.05, 0.1) is 18.0 Å². The Bertz CT molecular complexity index is 1760. The predicted molar refractivity (Wildman–Crippen MR) is 129 cm³/mol. The van der Waals surface area contributed by atoms with Crippen LogP contribution in [0.4, 0.5) is 14.5 Å². The van der Waals surface area contributed by atoms with Crippen LogP contribution in [0.5, 0.6) is 11.5 Å². The fourth-order valence-electron chi connectivity index (χ4n) is 4.39. The highest BCUT2D eigenvalue weighted by Gasteiger charge is 2.43. The number of hydrogen-bond donors (Lipinski definition) is 1. The zero-order valence-electron chi connectivity index (χ0n) is 19.6. The molecule has 1 aliphatic heterocycles. The van der Waals surface area contributed by atoms with Crippen molar-refractivity contribution in [1.29, 1.82) is 0 Å². The van der Waals surface area contributed by atoms with E-state index in [1.54, 1.807) is 17.8 Å². The largest absolute Gasteiger partial charge is 0.586 e. The van der Waals surface area contributed by atoms with Gasteiger partial charge in [0.25, 0.3) is 5.56 Å². The molecule has 1 N–H and O–H groups in total. The average molecular weight is 507 g/mol. The number of benzene rings is 2. The lowest BCUT2D eigenvalue weighted by molar-refractivity contribution is -0.286. The minimum Gasteiger partial charge on any atom is -0.395 e. The van der Waals surface area contributed by atoms with E-state index < -0.39 is 24.3 Å². The molecule has 0 radical (unpaired) electrons. The predicted octanol–water partition coefficient (Wildman–Crippen LogP) is 3.05. The molecule has 5 aromatic rings. The van der Waals surface area contributed by atoms with Crippen molar-refractivity contribution in [2.24, 2.45) is 7.05 Å². The van der Waals surface area contributed by atoms with E-state index in [0.717, 1.165) is 15.6 Å². The molecule has 2 aromatic carbocycles. The van der Waals surface area contributed by atoms with Gasteiger partial charge in [0.2, 0.25) is 5.91 Å². The van der Waals surface area contributed by atoms with Gasteiger partial charge in [-0.3, -0.25) is 14.3 Å². The molecular formula is C24H19F2N7O4. The summed E-state index contributed by atoms with van der Waals surface area (Å²) in [4.78, 5) is 34.9. The first-order valence-corrected chi connectivity index (χ1v) is 11.3. The van der Waals surface area contributed by atoms with Gasteiger partial charge in [-0.1, -0.05) is 12.1 Å². The zero-order chi connectivity index (χ0) is 25.9. The van der Waals surface area contributed by atoms with Crippen LogP contribution in [0.15, 0.2) is 53.7 Å². The van der Waals surface area contributed by atoms with Gasteiger partial charge in [0.1, 0.15) is 23.3 Å². The van der Waals surface area contributed by atoms with E-state index in [2.05, 4.69) is 29.6 Å². The van der Waals surface area contributed by atoms with Gasteiger partial charge >= 0.3 is 6.29 Å². The van der Waals surface area contributed by atoms with Crippen LogP contribution >= 0.6 is 0 Å². The number of anilines is 1. The standard InChI is InChI=1S/C24H19F2N7O4/c1-3-32(15-6-7-17-18(9-15)37-24(25,26)36-17)19(34)11-33-23(35)22-21(27-12-28-22)20(30-33)13-4-5-14-10-29-31(2)16(14)8-13/h4-10,12H,3,11H2,1-2H3,(H,27,28). The molecule has 3 aromatic heterocycles. The monoisotopic (exact) mass is 507 g/mol. The van der Waals surface area contributed by atoms with Crippen molar-refractivity contribution in [3.05, 3.63) is 59.3 Å². The molecule has 0 saturated carbocycles. The molecular weight excluding hydrogens is 488 g/mol. The van der Waals surface area contributed by atoms with Crippen molar-refractivity contribution in [3.8, 4) is 22.8 Å². The molecule has 0 saturated heterocycles. The number of nitrogens with zero attached hydrogens (tertiary/aromatic N) is 6. The number of H-pyrrole nitrogens is 1. The normalized spacial score (nSPS) is 13.9. The second-order valence-corrected chi connectivity index (χ2v) is 8.42. The van der Waals surface area contributed by atoms with Crippen molar-refractivity contribution < 1.29 is 23.0 Å². The van der Waals surface area contributed by atoms with Gasteiger partial charge < -0.3 is 19.4 Å². The van der Waals surface area contributed by atoms with E-state index in [-0.39, 0.29) is 23.6 Å². The smallest absolute Gasteiger partial charge is 0.395 e. The van der Waals surface area contributed by atoms with Gasteiger partial charge in [-0.2, -0.15) is 10.2 Å². The molecule has 0 aliphatic carbocycles. The number of imidazole rings is 1. The Balaban J connectivity index is 1.37. The van der Waals surface area contributed by atoms with Crippen LogP contribution in [0.2, 0.25) is 0 Å². The average Bonchev–Trinajstić information content (AvgIpc) is 3.57. The minimum absolute atomic E-state index is 0.130. The molecule has 188 valence electrons. The van der Waals surface area contributed by atoms with E-state index >= 15 is 0 Å². The highest BCUT2D eigenvalue weighted by molar-refractivity contribution is 5.95. The molecule has 0 unspecified atom stereocenters. The summed E-state index contributed by atoms with van der Waals surface area (Å²) in [6.07, 6.45) is -0.632. The maximum absolute atomic E-state index is 13.4. The minimum atomic E-state index is -3.77. The number of alkyl halides is 2. The molecule has 1 amide bonds. The number of aromatic nitrogens is 6. The first kappa shape index (κ1) is 22.6. The van der Waals surface area contributed by atoms with Crippen LogP contribution < -0.4 is 19.9 Å². The number of carbonyl (C=O) groups is 1. The Morgan fingerprint density at radius 3 is 2.78 bits per heavy atom. The Morgan fingerprint density at radius 1 is 1.16 bits per heavy atom. The highest BCUT2D eigenvalue weighted by Crippen LogP contribution is 2.42. The van der Waals surface area contributed by atoms with Gasteiger partial charge in [0, 0.05) is 36.3 Å². The third-order valence-corrected chi connectivity index (χ3v) is 6.15. The summed E-state index contributed by atoms with van der Waals surface area (Å²) >= 11 is 0. The molecule has 4 heterocycles. The van der Waals surface area contributed by atoms with E-state index in [4.69, 9.17) is 0 Å². The second-order valence-electron chi connectivity index (χ2n) is 8.42. The van der Waals surface area contributed by atoms with Crippen LogP contribution in [-0.2, 0) is 18.4 Å². The van der Waals surface area contributed by atoms with Crippen LogP contribution in [0.1, 0.15) is 6.92 Å². The molecule has 37 heavy (non-hydrogen) atoms. The van der Waals surface area contributed by atoms with Gasteiger partial charge in [-0.05, 0) is 25.1 Å². The van der Waals surface area contributed by atoms with Crippen LogP contribution in [0.25, 0.3) is 33.2 Å². The summed E-state index contributed by atoms with van der Waals surface area (Å²) in [5, 5.41) is 9.68. The summed E-state index contributed by atoms with van der Waals surface area (Å²) in [5.41, 5.74) is 2.34. The number of likely N-dealkylation sites (N-methyl/N-ethyl adjacent to an activating group) is 1. The summed E-state index contributed by atoms with van der Waals surface area (Å²) in [6, 6.07) is 9.68. The molecule has 0 fully saturated rings. The summed E-state index contributed by atoms with van der Waals surface area (Å²) in [7, 11) is 1.82. The molecule has 0 atom stereocenters. The zero-order valence-corrected chi connectivity index (χ0v) is 19.6. The lowest BCUT2D eigenvalue weighted by Gasteiger charge is -2.21. The quantitative estimate of drug-likeness (QED) is 0.388. The second kappa shape index (κ2) is 8.11. The Hall–Kier alpha value is -4.81. The topological polar surface area (TPSA) is 120 Å². The summed E-state index contributed by atoms with van der Waals surface area (Å²) in [5.74, 6) is -0.791. The number of amides is 1. The number of carbonyl (C=O) groups excluding carboxylic acids is 1. The Kier molecular flexibility index (Phi) is 4.97. The van der Waals surface area contributed by atoms with Crippen LogP contribution in [0, 0.1) is 0 Å². The molecule has 11 nitrogen and oxygen atoms in total. The number of rotatable bonds is 5. The molecule has 0 spiro atoms. The van der Waals surface area contributed by atoms with Crippen molar-refractivity contribution in [1.82, 2.24) is 29.5 Å². The number of fused-ring (bicyclic) bond motifs is 3. The van der Waals surface area contributed by atoms with Crippen LogP contribution in [0.3, 0.4) is 0 Å². The maximum atomic E-state index is 13.4. The van der Waals surface area contributed by atoms with E-state index in [1.807, 2.05) is 25.2 Å². The molecule has 0 bridgehead atoms. The van der Waals surface area contributed by atoms with Crippen LogP contribution in [-0.4, -0.2) is 48.3 Å². The van der Waals surface area contributed by atoms with Crippen molar-refractivity contribution in [3.63, 3.8) is 0 Å². The third-order valence-electron chi connectivity index (χ3n) is 6.15. The Labute approximate surface area is 206 Å². The summed E-state index contributed by atoms with van der Waals surface area (Å²) in [6.45, 7) is 1.53. The molecule has 6 rings (SSSR count). The van der Waals surface area contributed by atoms with E-state index in [1.165, 1.54) is 29.4 Å². The third kappa shape index (κ3) is 3.75. The van der Waals surface area contributed by atoms with Gasteiger partial charge in [-0.15, -0.1) is 8.78 Å². The number of ether oxygens (including phenoxy) is 2. The first-order chi connectivity index (χ1) is 17.7. The number of hydrogen-bond acceptors (Lipinski definition) is 7. The van der Waals surface area contributed by atoms with Gasteiger partial charge in [0.15, 0.2) is 11.5 Å².